The molecule has 1 amide bonds. The molecule has 1 aromatic carbocycles. The van der Waals surface area contributed by atoms with Crippen molar-refractivity contribution in [3.8, 4) is 0 Å². The first-order valence-corrected chi connectivity index (χ1v) is 7.06. The highest BCUT2D eigenvalue weighted by Crippen LogP contribution is 2.23. The van der Waals surface area contributed by atoms with Crippen LogP contribution >= 0.6 is 0 Å². The fourth-order valence-electron chi connectivity index (χ4n) is 2.66. The molecule has 1 aromatic heterocycles. The van der Waals surface area contributed by atoms with E-state index in [0.29, 0.717) is 18.5 Å². The molecular weight excluding hydrogens is 282 g/mol. The van der Waals surface area contributed by atoms with Crippen molar-refractivity contribution in [2.24, 2.45) is 0 Å². The number of methoxy groups -OCH3 is 1. The topological polar surface area (TPSA) is 75.3 Å². The van der Waals surface area contributed by atoms with Crippen LogP contribution in [-0.2, 0) is 22.5 Å². The van der Waals surface area contributed by atoms with E-state index in [2.05, 4.69) is 9.97 Å². The lowest BCUT2D eigenvalue weighted by Gasteiger charge is -2.33. The molecule has 114 valence electrons. The molecule has 0 fully saturated rings. The Bertz CT molecular complexity index is 706. The summed E-state index contributed by atoms with van der Waals surface area (Å²) in [4.78, 5) is 33.6. The number of carbonyl (C=O) groups excluding carboxylic acids is 2. The quantitative estimate of drug-likeness (QED) is 0.852. The van der Waals surface area contributed by atoms with E-state index in [9.17, 15) is 9.59 Å². The molecule has 0 saturated heterocycles. The van der Waals surface area contributed by atoms with Gasteiger partial charge in [-0.3, -0.25) is 4.79 Å². The fourth-order valence-corrected chi connectivity index (χ4v) is 2.66. The second-order valence-electron chi connectivity index (χ2n) is 5.37. The Kier molecular flexibility index (Phi) is 3.66. The van der Waals surface area contributed by atoms with Gasteiger partial charge in [0.2, 0.25) is 0 Å². The Morgan fingerprint density at radius 3 is 2.73 bits per heavy atom. The minimum absolute atomic E-state index is 0.185. The summed E-state index contributed by atoms with van der Waals surface area (Å²) in [6, 6.07) is 6.66. The standard InChI is InChI=1S/C16H17N3O3/c1-10-3-5-11(6-4-10)15(20)19-8-13-12(17-9-18-13)7-14(19)16(21)22-2/h3-6,9,14H,7-8H2,1-2H3,(H,17,18). The van der Waals surface area contributed by atoms with Gasteiger partial charge in [-0.25, -0.2) is 9.78 Å². The molecule has 2 heterocycles. The molecule has 1 N–H and O–H groups in total. The van der Waals surface area contributed by atoms with Crippen LogP contribution in [0.5, 0.6) is 0 Å². The normalized spacial score (nSPS) is 17.0. The Hall–Kier alpha value is -2.63. The number of H-pyrrole nitrogens is 1. The van der Waals surface area contributed by atoms with Crippen LogP contribution in [0.4, 0.5) is 0 Å². The predicted octanol–water partition coefficient (Wildman–Crippen LogP) is 1.46. The van der Waals surface area contributed by atoms with E-state index < -0.39 is 12.0 Å². The van der Waals surface area contributed by atoms with E-state index >= 15 is 0 Å². The Morgan fingerprint density at radius 2 is 2.05 bits per heavy atom. The molecule has 22 heavy (non-hydrogen) atoms. The van der Waals surface area contributed by atoms with E-state index in [1.165, 1.54) is 12.0 Å². The van der Waals surface area contributed by atoms with Crippen LogP contribution in [0.1, 0.15) is 27.3 Å². The number of fused-ring (bicyclic) bond motifs is 1. The maximum Gasteiger partial charge on any atom is 0.329 e. The summed E-state index contributed by atoms with van der Waals surface area (Å²) < 4.78 is 4.85. The highest BCUT2D eigenvalue weighted by atomic mass is 16.5. The van der Waals surface area contributed by atoms with E-state index in [4.69, 9.17) is 4.74 Å². The lowest BCUT2D eigenvalue weighted by Crippen LogP contribution is -2.49. The van der Waals surface area contributed by atoms with Crippen LogP contribution in [0, 0.1) is 6.92 Å². The van der Waals surface area contributed by atoms with E-state index in [0.717, 1.165) is 17.0 Å². The maximum absolute atomic E-state index is 12.8. The SMILES string of the molecule is COC(=O)C1Cc2nc[nH]c2CN1C(=O)c1ccc(C)cc1. The van der Waals surface area contributed by atoms with E-state index in [-0.39, 0.29) is 5.91 Å². The zero-order valence-electron chi connectivity index (χ0n) is 12.5. The number of imidazole rings is 1. The van der Waals surface area contributed by atoms with Crippen molar-refractivity contribution in [2.45, 2.75) is 25.9 Å². The molecule has 2 aromatic rings. The minimum atomic E-state index is -0.644. The summed E-state index contributed by atoms with van der Waals surface area (Å²) in [6.07, 6.45) is 1.95. The third kappa shape index (κ3) is 2.47. The van der Waals surface area contributed by atoms with Gasteiger partial charge in [0.25, 0.3) is 5.91 Å². The van der Waals surface area contributed by atoms with Crippen molar-refractivity contribution in [3.05, 3.63) is 53.1 Å². The molecule has 6 nitrogen and oxygen atoms in total. The van der Waals surface area contributed by atoms with Crippen LogP contribution in [0.25, 0.3) is 0 Å². The number of benzene rings is 1. The minimum Gasteiger partial charge on any atom is -0.467 e. The molecule has 1 unspecified atom stereocenters. The highest BCUT2D eigenvalue weighted by Gasteiger charge is 2.37. The number of esters is 1. The fraction of sp³-hybridized carbons (Fsp3) is 0.312. The number of hydrogen-bond acceptors (Lipinski definition) is 4. The molecular formula is C16H17N3O3. The number of hydrogen-bond donors (Lipinski definition) is 1. The van der Waals surface area contributed by atoms with Crippen LogP contribution < -0.4 is 0 Å². The van der Waals surface area contributed by atoms with Crippen molar-refractivity contribution in [2.75, 3.05) is 7.11 Å². The Morgan fingerprint density at radius 1 is 1.32 bits per heavy atom. The van der Waals surface area contributed by atoms with Gasteiger partial charge in [0.05, 0.1) is 31.4 Å². The van der Waals surface area contributed by atoms with E-state index in [1.54, 1.807) is 18.5 Å². The third-order valence-electron chi connectivity index (χ3n) is 3.93. The van der Waals surface area contributed by atoms with Crippen molar-refractivity contribution >= 4 is 11.9 Å². The number of carbonyl (C=O) groups is 2. The summed E-state index contributed by atoms with van der Waals surface area (Å²) >= 11 is 0. The molecule has 1 atom stereocenters. The van der Waals surface area contributed by atoms with Crippen molar-refractivity contribution < 1.29 is 14.3 Å². The summed E-state index contributed by atoms with van der Waals surface area (Å²) in [6.45, 7) is 2.28. The third-order valence-corrected chi connectivity index (χ3v) is 3.93. The Balaban J connectivity index is 1.93. The number of nitrogens with one attached hydrogen (secondary N) is 1. The average molecular weight is 299 g/mol. The van der Waals surface area contributed by atoms with Gasteiger partial charge in [-0.15, -0.1) is 0 Å². The number of rotatable bonds is 2. The van der Waals surface area contributed by atoms with Gasteiger partial charge < -0.3 is 14.6 Å². The maximum atomic E-state index is 12.8. The number of aryl methyl sites for hydroxylation is 1. The zero-order valence-corrected chi connectivity index (χ0v) is 12.5. The molecule has 1 aliphatic heterocycles. The van der Waals surface area contributed by atoms with Crippen LogP contribution in [0.3, 0.4) is 0 Å². The first-order chi connectivity index (χ1) is 10.6. The average Bonchev–Trinajstić information content (AvgIpc) is 3.00. The van der Waals surface area contributed by atoms with Crippen molar-refractivity contribution in [1.29, 1.82) is 0 Å². The first kappa shape index (κ1) is 14.3. The van der Waals surface area contributed by atoms with Gasteiger partial charge in [-0.05, 0) is 19.1 Å². The largest absolute Gasteiger partial charge is 0.467 e. The molecule has 0 bridgehead atoms. The van der Waals surface area contributed by atoms with Crippen LogP contribution in [0.15, 0.2) is 30.6 Å². The Labute approximate surface area is 128 Å². The molecule has 0 saturated carbocycles. The van der Waals surface area contributed by atoms with Gasteiger partial charge in [0.15, 0.2) is 0 Å². The van der Waals surface area contributed by atoms with Crippen molar-refractivity contribution in [1.82, 2.24) is 14.9 Å². The second kappa shape index (κ2) is 5.63. The van der Waals surface area contributed by atoms with Gasteiger partial charge in [0.1, 0.15) is 6.04 Å². The van der Waals surface area contributed by atoms with Crippen molar-refractivity contribution in [3.63, 3.8) is 0 Å². The number of aromatic amines is 1. The zero-order chi connectivity index (χ0) is 15.7. The lowest BCUT2D eigenvalue weighted by molar-refractivity contribution is -0.146. The number of amides is 1. The summed E-state index contributed by atoms with van der Waals surface area (Å²) in [5, 5.41) is 0. The number of aromatic nitrogens is 2. The van der Waals surface area contributed by atoms with Crippen LogP contribution in [-0.4, -0.2) is 39.9 Å². The lowest BCUT2D eigenvalue weighted by atomic mass is 10.0. The number of ether oxygens (including phenoxy) is 1. The summed E-state index contributed by atoms with van der Waals surface area (Å²) in [7, 11) is 1.33. The molecule has 6 heteroatoms. The molecule has 0 aliphatic carbocycles. The smallest absolute Gasteiger partial charge is 0.329 e. The van der Waals surface area contributed by atoms with Gasteiger partial charge >= 0.3 is 5.97 Å². The first-order valence-electron chi connectivity index (χ1n) is 7.06. The predicted molar refractivity (Wildman–Crippen MR) is 79.1 cm³/mol. The van der Waals surface area contributed by atoms with Gasteiger partial charge in [0, 0.05) is 12.0 Å². The van der Waals surface area contributed by atoms with Gasteiger partial charge in [-0.1, -0.05) is 17.7 Å². The molecule has 3 rings (SSSR count). The molecule has 0 radical (unpaired) electrons. The highest BCUT2D eigenvalue weighted by molar-refractivity contribution is 5.97. The molecule has 0 spiro atoms. The van der Waals surface area contributed by atoms with Crippen LogP contribution in [0.2, 0.25) is 0 Å². The molecule has 1 aliphatic rings. The van der Waals surface area contributed by atoms with E-state index in [1.807, 2.05) is 19.1 Å². The monoisotopic (exact) mass is 299 g/mol. The second-order valence-corrected chi connectivity index (χ2v) is 5.37. The van der Waals surface area contributed by atoms with Gasteiger partial charge in [-0.2, -0.15) is 0 Å². The number of nitrogens with zero attached hydrogens (tertiary/aromatic N) is 2. The summed E-state index contributed by atoms with van der Waals surface area (Å²) in [5.74, 6) is -0.607. The summed E-state index contributed by atoms with van der Waals surface area (Å²) in [5.41, 5.74) is 3.31.